The fraction of sp³-hybridized carbons (Fsp3) is 0.636. The Labute approximate surface area is 79.7 Å². The van der Waals surface area contributed by atoms with Gasteiger partial charge in [0.25, 0.3) is 0 Å². The van der Waals surface area contributed by atoms with Crippen molar-refractivity contribution in [1.82, 2.24) is 10.3 Å². The van der Waals surface area contributed by atoms with Gasteiger partial charge in [0, 0.05) is 18.9 Å². The molecule has 13 heavy (non-hydrogen) atoms. The summed E-state index contributed by atoms with van der Waals surface area (Å²) in [6, 6.07) is 2.12. The maximum atomic E-state index is 3.49. The number of nitrogens with one attached hydrogen (secondary N) is 2. The molecule has 2 heteroatoms. The zero-order chi connectivity index (χ0) is 9.10. The molecule has 1 aromatic heterocycles. The highest BCUT2D eigenvalue weighted by atomic mass is 14.9. The van der Waals surface area contributed by atoms with Crippen molar-refractivity contribution < 1.29 is 0 Å². The lowest BCUT2D eigenvalue weighted by molar-refractivity contribution is 0.462. The largest absolute Gasteiger partial charge is 0.367 e. The molecule has 2 rings (SSSR count). The molecule has 1 heterocycles. The molecule has 0 bridgehead atoms. The maximum Gasteiger partial charge on any atom is 0.0220 e. The molecule has 1 aliphatic rings. The molecule has 0 radical (unpaired) electrons. The molecule has 2 nitrogen and oxygen atoms in total. The molecule has 0 aliphatic heterocycles. The standard InChI is InChI=1S/C11H18N2/c1-9(11-2-3-11)6-13-8-10-4-5-12-7-10/h4-5,7,9,11-13H,2-3,6,8H2,1H3. The molecule has 1 saturated carbocycles. The first-order valence-corrected chi connectivity index (χ1v) is 5.18. The van der Waals surface area contributed by atoms with Crippen LogP contribution in [0.2, 0.25) is 0 Å². The number of H-pyrrole nitrogens is 1. The van der Waals surface area contributed by atoms with E-state index in [0.29, 0.717) is 0 Å². The van der Waals surface area contributed by atoms with Gasteiger partial charge in [0.05, 0.1) is 0 Å². The van der Waals surface area contributed by atoms with E-state index in [1.165, 1.54) is 18.4 Å². The van der Waals surface area contributed by atoms with Gasteiger partial charge in [-0.05, 0) is 42.9 Å². The van der Waals surface area contributed by atoms with Crippen LogP contribution >= 0.6 is 0 Å². The lowest BCUT2D eigenvalue weighted by Crippen LogP contribution is -2.21. The normalized spacial score (nSPS) is 18.8. The summed E-state index contributed by atoms with van der Waals surface area (Å²) < 4.78 is 0. The second-order valence-electron chi connectivity index (χ2n) is 4.16. The first-order valence-electron chi connectivity index (χ1n) is 5.18. The molecule has 0 amide bonds. The van der Waals surface area contributed by atoms with Gasteiger partial charge in [0.1, 0.15) is 0 Å². The molecular weight excluding hydrogens is 160 g/mol. The first kappa shape index (κ1) is 8.82. The second kappa shape index (κ2) is 3.97. The Bertz CT molecular complexity index is 237. The molecule has 1 fully saturated rings. The molecule has 0 saturated heterocycles. The van der Waals surface area contributed by atoms with Crippen LogP contribution in [0.5, 0.6) is 0 Å². The number of hydrogen-bond acceptors (Lipinski definition) is 1. The van der Waals surface area contributed by atoms with Crippen molar-refractivity contribution in [2.75, 3.05) is 6.54 Å². The summed E-state index contributed by atoms with van der Waals surface area (Å²) in [6.45, 7) is 4.51. The van der Waals surface area contributed by atoms with Crippen LogP contribution in [0.15, 0.2) is 18.5 Å². The van der Waals surface area contributed by atoms with Crippen molar-refractivity contribution in [1.29, 1.82) is 0 Å². The molecule has 0 aromatic carbocycles. The van der Waals surface area contributed by atoms with Crippen LogP contribution < -0.4 is 5.32 Å². The van der Waals surface area contributed by atoms with E-state index in [9.17, 15) is 0 Å². The second-order valence-corrected chi connectivity index (χ2v) is 4.16. The van der Waals surface area contributed by atoms with Crippen molar-refractivity contribution in [3.8, 4) is 0 Å². The highest BCUT2D eigenvalue weighted by Crippen LogP contribution is 2.36. The Kier molecular flexibility index (Phi) is 2.69. The SMILES string of the molecule is CC(CNCc1cc[nH]c1)C1CC1. The van der Waals surface area contributed by atoms with E-state index in [1.54, 1.807) is 0 Å². The van der Waals surface area contributed by atoms with E-state index in [2.05, 4.69) is 29.5 Å². The molecular formula is C11H18N2. The number of aromatic nitrogens is 1. The highest BCUT2D eigenvalue weighted by molar-refractivity contribution is 5.07. The van der Waals surface area contributed by atoms with Gasteiger partial charge in [-0.15, -0.1) is 0 Å². The van der Waals surface area contributed by atoms with Crippen LogP contribution in [0.25, 0.3) is 0 Å². The summed E-state index contributed by atoms with van der Waals surface area (Å²) in [5.41, 5.74) is 1.35. The molecule has 1 aliphatic carbocycles. The van der Waals surface area contributed by atoms with Crippen LogP contribution in [0.3, 0.4) is 0 Å². The summed E-state index contributed by atoms with van der Waals surface area (Å²) >= 11 is 0. The van der Waals surface area contributed by atoms with Crippen LogP contribution in [0.4, 0.5) is 0 Å². The lowest BCUT2D eigenvalue weighted by Gasteiger charge is -2.10. The molecule has 1 aromatic rings. The van der Waals surface area contributed by atoms with Gasteiger partial charge < -0.3 is 10.3 Å². The first-order chi connectivity index (χ1) is 6.36. The molecule has 1 unspecified atom stereocenters. The highest BCUT2D eigenvalue weighted by Gasteiger charge is 2.27. The van der Waals surface area contributed by atoms with Gasteiger partial charge in [-0.1, -0.05) is 6.92 Å². The minimum absolute atomic E-state index is 0.860. The van der Waals surface area contributed by atoms with Crippen LogP contribution in [0.1, 0.15) is 25.3 Å². The monoisotopic (exact) mass is 178 g/mol. The Morgan fingerprint density at radius 3 is 3.08 bits per heavy atom. The van der Waals surface area contributed by atoms with Crippen LogP contribution in [-0.2, 0) is 6.54 Å². The summed E-state index contributed by atoms with van der Waals surface area (Å²) in [5, 5.41) is 3.49. The minimum Gasteiger partial charge on any atom is -0.367 e. The van der Waals surface area contributed by atoms with Crippen molar-refractivity contribution in [3.63, 3.8) is 0 Å². The Hall–Kier alpha value is -0.760. The third-order valence-electron chi connectivity index (χ3n) is 2.88. The zero-order valence-electron chi connectivity index (χ0n) is 8.22. The fourth-order valence-electron chi connectivity index (χ4n) is 1.74. The molecule has 1 atom stereocenters. The van der Waals surface area contributed by atoms with E-state index in [-0.39, 0.29) is 0 Å². The molecule has 2 N–H and O–H groups in total. The zero-order valence-corrected chi connectivity index (χ0v) is 8.22. The van der Waals surface area contributed by atoms with E-state index in [4.69, 9.17) is 0 Å². The Morgan fingerprint density at radius 2 is 2.46 bits per heavy atom. The Morgan fingerprint density at radius 1 is 1.62 bits per heavy atom. The lowest BCUT2D eigenvalue weighted by atomic mass is 10.1. The summed E-state index contributed by atoms with van der Waals surface area (Å²) in [4.78, 5) is 3.06. The maximum absolute atomic E-state index is 3.49. The topological polar surface area (TPSA) is 27.8 Å². The number of hydrogen-bond donors (Lipinski definition) is 2. The average molecular weight is 178 g/mol. The quantitative estimate of drug-likeness (QED) is 0.710. The van der Waals surface area contributed by atoms with Gasteiger partial charge in [-0.3, -0.25) is 0 Å². The molecule has 0 spiro atoms. The van der Waals surface area contributed by atoms with Crippen LogP contribution in [0, 0.1) is 11.8 Å². The smallest absolute Gasteiger partial charge is 0.0220 e. The van der Waals surface area contributed by atoms with E-state index in [1.807, 2.05) is 6.20 Å². The number of aromatic amines is 1. The van der Waals surface area contributed by atoms with Gasteiger partial charge in [0.15, 0.2) is 0 Å². The van der Waals surface area contributed by atoms with E-state index in [0.717, 1.165) is 24.9 Å². The van der Waals surface area contributed by atoms with Gasteiger partial charge in [0.2, 0.25) is 0 Å². The van der Waals surface area contributed by atoms with Crippen molar-refractivity contribution in [2.45, 2.75) is 26.3 Å². The Balaban J connectivity index is 1.63. The minimum atomic E-state index is 0.860. The third kappa shape index (κ3) is 2.59. The van der Waals surface area contributed by atoms with Gasteiger partial charge in [-0.2, -0.15) is 0 Å². The predicted octanol–water partition coefficient (Wildman–Crippen LogP) is 2.15. The summed E-state index contributed by atoms with van der Waals surface area (Å²) in [7, 11) is 0. The van der Waals surface area contributed by atoms with E-state index >= 15 is 0 Å². The van der Waals surface area contributed by atoms with E-state index < -0.39 is 0 Å². The number of rotatable bonds is 5. The fourth-order valence-corrected chi connectivity index (χ4v) is 1.74. The van der Waals surface area contributed by atoms with Crippen LogP contribution in [-0.4, -0.2) is 11.5 Å². The summed E-state index contributed by atoms with van der Waals surface area (Å²) in [6.07, 6.45) is 6.93. The third-order valence-corrected chi connectivity index (χ3v) is 2.88. The predicted molar refractivity (Wildman–Crippen MR) is 54.4 cm³/mol. The van der Waals surface area contributed by atoms with Crippen molar-refractivity contribution >= 4 is 0 Å². The summed E-state index contributed by atoms with van der Waals surface area (Å²) in [5.74, 6) is 1.87. The van der Waals surface area contributed by atoms with Gasteiger partial charge in [-0.25, -0.2) is 0 Å². The average Bonchev–Trinajstić information content (AvgIpc) is 2.86. The van der Waals surface area contributed by atoms with Crippen molar-refractivity contribution in [3.05, 3.63) is 24.0 Å². The van der Waals surface area contributed by atoms with Crippen molar-refractivity contribution in [2.24, 2.45) is 11.8 Å². The van der Waals surface area contributed by atoms with Gasteiger partial charge >= 0.3 is 0 Å². The molecule has 72 valence electrons.